The van der Waals surface area contributed by atoms with Crippen molar-refractivity contribution in [3.63, 3.8) is 0 Å². The minimum absolute atomic E-state index is 0.0968. The Kier molecular flexibility index (Phi) is 3.49. The number of nitrogens with zero attached hydrogens (tertiary/aromatic N) is 2. The van der Waals surface area contributed by atoms with Crippen LogP contribution < -0.4 is 4.74 Å². The molecule has 0 fully saturated rings. The van der Waals surface area contributed by atoms with Gasteiger partial charge in [-0.05, 0) is 36.3 Å². The zero-order chi connectivity index (χ0) is 11.3. The highest BCUT2D eigenvalue weighted by atomic mass is 16.5. The summed E-state index contributed by atoms with van der Waals surface area (Å²) in [4.78, 5) is 0. The predicted molar refractivity (Wildman–Crippen MR) is 56.9 cm³/mol. The first-order valence-electron chi connectivity index (χ1n) is 4.37. The second-order valence-electron chi connectivity index (χ2n) is 3.01. The average Bonchev–Trinajstić information content (AvgIpc) is 2.26. The number of allylic oxidation sites excluding steroid dienone is 1. The lowest BCUT2D eigenvalue weighted by Crippen LogP contribution is -1.87. The van der Waals surface area contributed by atoms with Gasteiger partial charge in [-0.1, -0.05) is 6.07 Å². The smallest absolute Gasteiger partial charge is 0.130 e. The number of methoxy groups -OCH3 is 1. The minimum atomic E-state index is 0.0968. The molecule has 0 radical (unpaired) electrons. The first-order chi connectivity index (χ1) is 7.21. The van der Waals surface area contributed by atoms with Crippen molar-refractivity contribution < 1.29 is 4.74 Å². The molecule has 0 saturated heterocycles. The molecule has 1 rings (SSSR count). The quantitative estimate of drug-likeness (QED) is 0.686. The van der Waals surface area contributed by atoms with Crippen molar-refractivity contribution in [2.45, 2.75) is 6.92 Å². The predicted octanol–water partition coefficient (Wildman–Crippen LogP) is 2.43. The van der Waals surface area contributed by atoms with Crippen molar-refractivity contribution >= 4 is 6.08 Å². The fourth-order valence-corrected chi connectivity index (χ4v) is 1.25. The molecule has 0 N–H and O–H groups in total. The molecule has 74 valence electrons. The summed E-state index contributed by atoms with van der Waals surface area (Å²) in [6.45, 7) is 1.91. The van der Waals surface area contributed by atoms with Crippen LogP contribution in [0.2, 0.25) is 0 Å². The van der Waals surface area contributed by atoms with Gasteiger partial charge in [-0.2, -0.15) is 10.5 Å². The molecule has 1 aromatic rings. The van der Waals surface area contributed by atoms with Crippen LogP contribution in [0.3, 0.4) is 0 Å². The Morgan fingerprint density at radius 1 is 1.33 bits per heavy atom. The van der Waals surface area contributed by atoms with Gasteiger partial charge in [0.1, 0.15) is 23.5 Å². The number of rotatable bonds is 2. The second kappa shape index (κ2) is 4.83. The van der Waals surface area contributed by atoms with Crippen molar-refractivity contribution in [3.05, 3.63) is 34.9 Å². The Labute approximate surface area is 88.8 Å². The molecule has 0 saturated carbocycles. The van der Waals surface area contributed by atoms with Gasteiger partial charge in [0.25, 0.3) is 0 Å². The first kappa shape index (κ1) is 10.8. The SMILES string of the molecule is COc1ccc(C=C(C#N)C#N)cc1C. The molecule has 0 aliphatic carbocycles. The van der Waals surface area contributed by atoms with E-state index in [1.165, 1.54) is 0 Å². The van der Waals surface area contributed by atoms with E-state index in [0.717, 1.165) is 16.9 Å². The summed E-state index contributed by atoms with van der Waals surface area (Å²) in [6, 6.07) is 9.12. The summed E-state index contributed by atoms with van der Waals surface area (Å²) in [5, 5.41) is 17.2. The molecular formula is C12H10N2O. The van der Waals surface area contributed by atoms with E-state index < -0.39 is 0 Å². The molecule has 0 spiro atoms. The van der Waals surface area contributed by atoms with Crippen LogP contribution in [0.5, 0.6) is 5.75 Å². The highest BCUT2D eigenvalue weighted by molar-refractivity contribution is 5.63. The van der Waals surface area contributed by atoms with Gasteiger partial charge in [-0.25, -0.2) is 0 Å². The summed E-state index contributed by atoms with van der Waals surface area (Å²) >= 11 is 0. The zero-order valence-electron chi connectivity index (χ0n) is 8.61. The molecule has 3 heteroatoms. The largest absolute Gasteiger partial charge is 0.496 e. The number of aryl methyl sites for hydroxylation is 1. The number of benzene rings is 1. The van der Waals surface area contributed by atoms with E-state index in [9.17, 15) is 0 Å². The van der Waals surface area contributed by atoms with Crippen LogP contribution in [-0.4, -0.2) is 7.11 Å². The molecule has 0 bridgehead atoms. The molecule has 3 nitrogen and oxygen atoms in total. The zero-order valence-corrected chi connectivity index (χ0v) is 8.61. The molecule has 0 aromatic heterocycles. The normalized spacial score (nSPS) is 8.53. The standard InChI is InChI=1S/C12H10N2O/c1-9-5-10(3-4-12(9)15-2)6-11(7-13)8-14/h3-6H,1-2H3. The lowest BCUT2D eigenvalue weighted by atomic mass is 10.1. The average molecular weight is 198 g/mol. The van der Waals surface area contributed by atoms with Crippen LogP contribution in [-0.2, 0) is 0 Å². The second-order valence-corrected chi connectivity index (χ2v) is 3.01. The Bertz CT molecular complexity index is 459. The fraction of sp³-hybridized carbons (Fsp3) is 0.167. The highest BCUT2D eigenvalue weighted by Gasteiger charge is 1.99. The number of hydrogen-bond donors (Lipinski definition) is 0. The Morgan fingerprint density at radius 2 is 2.00 bits per heavy atom. The summed E-state index contributed by atoms with van der Waals surface area (Å²) < 4.78 is 5.11. The molecular weight excluding hydrogens is 188 g/mol. The van der Waals surface area contributed by atoms with Gasteiger partial charge in [0, 0.05) is 0 Å². The first-order valence-corrected chi connectivity index (χ1v) is 4.37. The summed E-state index contributed by atoms with van der Waals surface area (Å²) in [7, 11) is 1.60. The Morgan fingerprint density at radius 3 is 2.47 bits per heavy atom. The van der Waals surface area contributed by atoms with Gasteiger partial charge < -0.3 is 4.74 Å². The van der Waals surface area contributed by atoms with Crippen LogP contribution in [0.4, 0.5) is 0 Å². The van der Waals surface area contributed by atoms with Crippen molar-refractivity contribution in [1.29, 1.82) is 10.5 Å². The van der Waals surface area contributed by atoms with E-state index in [1.807, 2.05) is 31.2 Å². The minimum Gasteiger partial charge on any atom is -0.496 e. The molecule has 0 aliphatic rings. The topological polar surface area (TPSA) is 56.8 Å². The van der Waals surface area contributed by atoms with Crippen molar-refractivity contribution in [2.24, 2.45) is 0 Å². The molecule has 0 atom stereocenters. The van der Waals surface area contributed by atoms with Gasteiger partial charge in [0.05, 0.1) is 7.11 Å². The lowest BCUT2D eigenvalue weighted by molar-refractivity contribution is 0.411. The summed E-state index contributed by atoms with van der Waals surface area (Å²) in [5.74, 6) is 0.794. The van der Waals surface area contributed by atoms with Gasteiger partial charge in [0.15, 0.2) is 0 Å². The number of hydrogen-bond acceptors (Lipinski definition) is 3. The number of nitriles is 2. The van der Waals surface area contributed by atoms with Gasteiger partial charge >= 0.3 is 0 Å². The Balaban J connectivity index is 3.11. The van der Waals surface area contributed by atoms with E-state index in [0.29, 0.717) is 0 Å². The van der Waals surface area contributed by atoms with Crippen LogP contribution >= 0.6 is 0 Å². The molecule has 0 aliphatic heterocycles. The maximum atomic E-state index is 8.59. The van der Waals surface area contributed by atoms with Crippen molar-refractivity contribution in [2.75, 3.05) is 7.11 Å². The third-order valence-electron chi connectivity index (χ3n) is 1.97. The molecule has 1 aromatic carbocycles. The third-order valence-corrected chi connectivity index (χ3v) is 1.97. The summed E-state index contributed by atoms with van der Waals surface area (Å²) in [5.41, 5.74) is 1.90. The number of ether oxygens (including phenoxy) is 1. The van der Waals surface area contributed by atoms with E-state index >= 15 is 0 Å². The molecule has 0 amide bonds. The van der Waals surface area contributed by atoms with Crippen LogP contribution in [0, 0.1) is 29.6 Å². The van der Waals surface area contributed by atoms with E-state index in [-0.39, 0.29) is 5.57 Å². The van der Waals surface area contributed by atoms with Crippen LogP contribution in [0.1, 0.15) is 11.1 Å². The van der Waals surface area contributed by atoms with Crippen LogP contribution in [0.25, 0.3) is 6.08 Å². The van der Waals surface area contributed by atoms with E-state index in [4.69, 9.17) is 15.3 Å². The van der Waals surface area contributed by atoms with Gasteiger partial charge in [-0.3, -0.25) is 0 Å². The lowest BCUT2D eigenvalue weighted by Gasteiger charge is -2.04. The van der Waals surface area contributed by atoms with E-state index in [1.54, 1.807) is 19.3 Å². The maximum Gasteiger partial charge on any atom is 0.130 e. The Hall–Kier alpha value is -2.26. The third kappa shape index (κ3) is 2.59. The summed E-state index contributed by atoms with van der Waals surface area (Å²) in [6.07, 6.45) is 1.55. The highest BCUT2D eigenvalue weighted by Crippen LogP contribution is 2.19. The van der Waals surface area contributed by atoms with E-state index in [2.05, 4.69) is 0 Å². The monoisotopic (exact) mass is 198 g/mol. The van der Waals surface area contributed by atoms with Gasteiger partial charge in [0.2, 0.25) is 0 Å². The maximum absolute atomic E-state index is 8.59. The fourth-order valence-electron chi connectivity index (χ4n) is 1.25. The molecule has 0 unspecified atom stereocenters. The van der Waals surface area contributed by atoms with Crippen molar-refractivity contribution in [1.82, 2.24) is 0 Å². The van der Waals surface area contributed by atoms with Gasteiger partial charge in [-0.15, -0.1) is 0 Å². The molecule has 0 heterocycles. The molecule has 15 heavy (non-hydrogen) atoms. The van der Waals surface area contributed by atoms with Crippen LogP contribution in [0.15, 0.2) is 23.8 Å². The van der Waals surface area contributed by atoms with Crippen molar-refractivity contribution in [3.8, 4) is 17.9 Å².